The second-order valence-electron chi connectivity index (χ2n) is 7.58. The van der Waals surface area contributed by atoms with Crippen LogP contribution in [-0.4, -0.2) is 48.0 Å². The third-order valence-electron chi connectivity index (χ3n) is 5.60. The van der Waals surface area contributed by atoms with Gasteiger partial charge in [-0.1, -0.05) is 73.7 Å². The first-order valence-electron chi connectivity index (χ1n) is 10.4. The van der Waals surface area contributed by atoms with Crippen molar-refractivity contribution in [1.82, 2.24) is 9.80 Å². The van der Waals surface area contributed by atoms with Gasteiger partial charge in [-0.3, -0.25) is 9.69 Å². The maximum absolute atomic E-state index is 13.1. The minimum atomic E-state index is -0.443. The van der Waals surface area contributed by atoms with Gasteiger partial charge in [0.05, 0.1) is 0 Å². The fraction of sp³-hybridized carbons (Fsp3) is 0.320. The van der Waals surface area contributed by atoms with Crippen LogP contribution in [0.25, 0.3) is 10.8 Å². The van der Waals surface area contributed by atoms with Crippen molar-refractivity contribution in [1.29, 1.82) is 0 Å². The molecule has 4 rings (SSSR count). The van der Waals surface area contributed by atoms with Crippen molar-refractivity contribution in [2.45, 2.75) is 26.0 Å². The van der Waals surface area contributed by atoms with Crippen molar-refractivity contribution < 1.29 is 9.53 Å². The van der Waals surface area contributed by atoms with Gasteiger partial charge in [-0.15, -0.1) is 0 Å². The molecule has 1 fully saturated rings. The van der Waals surface area contributed by atoms with Gasteiger partial charge in [0.25, 0.3) is 5.91 Å². The molecule has 1 aliphatic heterocycles. The van der Waals surface area contributed by atoms with Gasteiger partial charge in [-0.2, -0.15) is 0 Å². The molecule has 0 bridgehead atoms. The highest BCUT2D eigenvalue weighted by atomic mass is 16.5. The molecule has 1 aliphatic rings. The number of ether oxygens (including phenoxy) is 1. The van der Waals surface area contributed by atoms with E-state index < -0.39 is 6.10 Å². The summed E-state index contributed by atoms with van der Waals surface area (Å²) in [6.07, 6.45) is 0.216. The predicted molar refractivity (Wildman–Crippen MR) is 117 cm³/mol. The van der Waals surface area contributed by atoms with E-state index in [0.29, 0.717) is 6.42 Å². The molecule has 0 spiro atoms. The number of hydrogen-bond donors (Lipinski definition) is 0. The SMILES string of the molecule is CC[C@H](Oc1cccc2ccccc12)C(=O)N1CCN(Cc2ccccc2)CC1. The minimum Gasteiger partial charge on any atom is -0.480 e. The second kappa shape index (κ2) is 9.10. The van der Waals surface area contributed by atoms with Gasteiger partial charge in [0.2, 0.25) is 0 Å². The number of carbonyl (C=O) groups is 1. The number of benzene rings is 3. The Morgan fingerprint density at radius 2 is 1.59 bits per heavy atom. The fourth-order valence-electron chi connectivity index (χ4n) is 3.93. The first-order valence-corrected chi connectivity index (χ1v) is 10.4. The predicted octanol–water partition coefficient (Wildman–Crippen LogP) is 4.34. The number of carbonyl (C=O) groups excluding carboxylic acids is 1. The molecular formula is C25H28N2O2. The molecule has 0 radical (unpaired) electrons. The zero-order valence-corrected chi connectivity index (χ0v) is 17.0. The van der Waals surface area contributed by atoms with Crippen LogP contribution < -0.4 is 4.74 Å². The molecule has 1 heterocycles. The standard InChI is InChI=1S/C25H28N2O2/c1-2-23(29-24-14-8-12-21-11-6-7-13-22(21)24)25(28)27-17-15-26(16-18-27)19-20-9-4-3-5-10-20/h3-14,23H,2,15-19H2,1H3/t23-/m0/s1. The number of rotatable bonds is 6. The summed E-state index contributed by atoms with van der Waals surface area (Å²) in [6.45, 7) is 6.24. The van der Waals surface area contributed by atoms with Crippen LogP contribution in [0.3, 0.4) is 0 Å². The molecule has 4 nitrogen and oxygen atoms in total. The number of nitrogens with zero attached hydrogens (tertiary/aromatic N) is 2. The normalized spacial score (nSPS) is 16.0. The van der Waals surface area contributed by atoms with E-state index in [1.807, 2.05) is 48.2 Å². The summed E-state index contributed by atoms with van der Waals surface area (Å²) < 4.78 is 6.21. The Morgan fingerprint density at radius 3 is 2.34 bits per heavy atom. The molecule has 0 unspecified atom stereocenters. The Hall–Kier alpha value is -2.85. The van der Waals surface area contributed by atoms with Gasteiger partial charge >= 0.3 is 0 Å². The van der Waals surface area contributed by atoms with E-state index in [2.05, 4.69) is 41.3 Å². The van der Waals surface area contributed by atoms with Crippen molar-refractivity contribution >= 4 is 16.7 Å². The first-order chi connectivity index (χ1) is 14.2. The average Bonchev–Trinajstić information content (AvgIpc) is 2.78. The number of amides is 1. The Kier molecular flexibility index (Phi) is 6.11. The smallest absolute Gasteiger partial charge is 0.263 e. The van der Waals surface area contributed by atoms with Crippen LogP contribution in [0.2, 0.25) is 0 Å². The lowest BCUT2D eigenvalue weighted by atomic mass is 10.1. The molecule has 1 saturated heterocycles. The highest BCUT2D eigenvalue weighted by molar-refractivity contribution is 5.89. The highest BCUT2D eigenvalue weighted by Crippen LogP contribution is 2.27. The molecule has 4 heteroatoms. The van der Waals surface area contributed by atoms with Crippen LogP contribution in [0, 0.1) is 0 Å². The molecule has 1 atom stereocenters. The molecule has 0 aliphatic carbocycles. The van der Waals surface area contributed by atoms with Crippen LogP contribution in [-0.2, 0) is 11.3 Å². The van der Waals surface area contributed by atoms with Crippen LogP contribution in [0.1, 0.15) is 18.9 Å². The van der Waals surface area contributed by atoms with E-state index in [-0.39, 0.29) is 5.91 Å². The molecular weight excluding hydrogens is 360 g/mol. The second-order valence-corrected chi connectivity index (χ2v) is 7.58. The summed E-state index contributed by atoms with van der Waals surface area (Å²) in [5.41, 5.74) is 1.32. The largest absolute Gasteiger partial charge is 0.480 e. The summed E-state index contributed by atoms with van der Waals surface area (Å²) in [6, 6.07) is 24.6. The molecule has 0 aromatic heterocycles. The van der Waals surface area contributed by atoms with E-state index in [1.54, 1.807) is 0 Å². The van der Waals surface area contributed by atoms with Crippen molar-refractivity contribution in [2.24, 2.45) is 0 Å². The lowest BCUT2D eigenvalue weighted by Crippen LogP contribution is -2.52. The zero-order chi connectivity index (χ0) is 20.1. The van der Waals surface area contributed by atoms with Crippen molar-refractivity contribution in [3.05, 3.63) is 78.4 Å². The summed E-state index contributed by atoms with van der Waals surface area (Å²) in [4.78, 5) is 17.5. The zero-order valence-electron chi connectivity index (χ0n) is 17.0. The maximum Gasteiger partial charge on any atom is 0.263 e. The number of hydrogen-bond acceptors (Lipinski definition) is 3. The Bertz CT molecular complexity index is 944. The number of fused-ring (bicyclic) bond motifs is 1. The lowest BCUT2D eigenvalue weighted by Gasteiger charge is -2.36. The third-order valence-corrected chi connectivity index (χ3v) is 5.60. The summed E-state index contributed by atoms with van der Waals surface area (Å²) in [5.74, 6) is 0.880. The Balaban J connectivity index is 1.38. The molecule has 0 saturated carbocycles. The molecule has 150 valence electrons. The van der Waals surface area contributed by atoms with Crippen molar-refractivity contribution in [3.8, 4) is 5.75 Å². The van der Waals surface area contributed by atoms with Crippen molar-refractivity contribution in [3.63, 3.8) is 0 Å². The maximum atomic E-state index is 13.1. The van der Waals surface area contributed by atoms with Crippen molar-refractivity contribution in [2.75, 3.05) is 26.2 Å². The summed E-state index contributed by atoms with van der Waals surface area (Å²) in [5, 5.41) is 2.18. The highest BCUT2D eigenvalue weighted by Gasteiger charge is 2.28. The monoisotopic (exact) mass is 388 g/mol. The van der Waals surface area contributed by atoms with E-state index in [0.717, 1.165) is 49.2 Å². The van der Waals surface area contributed by atoms with Gasteiger partial charge in [-0.25, -0.2) is 0 Å². The third kappa shape index (κ3) is 4.60. The average molecular weight is 389 g/mol. The number of piperazine rings is 1. The Morgan fingerprint density at radius 1 is 0.897 bits per heavy atom. The topological polar surface area (TPSA) is 32.8 Å². The van der Waals surface area contributed by atoms with Crippen LogP contribution >= 0.6 is 0 Å². The molecule has 3 aromatic rings. The van der Waals surface area contributed by atoms with Crippen LogP contribution in [0.4, 0.5) is 0 Å². The van der Waals surface area contributed by atoms with E-state index in [9.17, 15) is 4.79 Å². The Labute approximate surface area is 172 Å². The summed E-state index contributed by atoms with van der Waals surface area (Å²) >= 11 is 0. The van der Waals surface area contributed by atoms with E-state index in [1.165, 1.54) is 5.56 Å². The quantitative estimate of drug-likeness (QED) is 0.630. The molecule has 1 amide bonds. The first kappa shape index (κ1) is 19.5. The molecule has 3 aromatic carbocycles. The van der Waals surface area contributed by atoms with Gasteiger partial charge in [0, 0.05) is 38.1 Å². The fourth-order valence-corrected chi connectivity index (χ4v) is 3.93. The van der Waals surface area contributed by atoms with Gasteiger partial charge in [-0.05, 0) is 23.4 Å². The van der Waals surface area contributed by atoms with E-state index in [4.69, 9.17) is 4.74 Å². The van der Waals surface area contributed by atoms with Crippen LogP contribution in [0.15, 0.2) is 72.8 Å². The van der Waals surface area contributed by atoms with Crippen LogP contribution in [0.5, 0.6) is 5.75 Å². The van der Waals surface area contributed by atoms with Gasteiger partial charge < -0.3 is 9.64 Å². The molecule has 29 heavy (non-hydrogen) atoms. The van der Waals surface area contributed by atoms with Gasteiger partial charge in [0.15, 0.2) is 6.10 Å². The minimum absolute atomic E-state index is 0.0970. The van der Waals surface area contributed by atoms with Gasteiger partial charge in [0.1, 0.15) is 5.75 Å². The summed E-state index contributed by atoms with van der Waals surface area (Å²) in [7, 11) is 0. The lowest BCUT2D eigenvalue weighted by molar-refractivity contribution is -0.140. The molecule has 0 N–H and O–H groups in total. The van der Waals surface area contributed by atoms with E-state index >= 15 is 0 Å².